The van der Waals surface area contributed by atoms with Crippen molar-refractivity contribution in [2.45, 2.75) is 26.2 Å². The second-order valence-corrected chi connectivity index (χ2v) is 4.58. The van der Waals surface area contributed by atoms with Gasteiger partial charge in [0.05, 0.1) is 0 Å². The largest absolute Gasteiger partial charge is 0.316 e. The van der Waals surface area contributed by atoms with Crippen LogP contribution in [0.2, 0.25) is 0 Å². The van der Waals surface area contributed by atoms with Crippen LogP contribution in [0.5, 0.6) is 0 Å². The van der Waals surface area contributed by atoms with E-state index in [1.807, 2.05) is 13.0 Å². The van der Waals surface area contributed by atoms with Crippen molar-refractivity contribution in [3.63, 3.8) is 0 Å². The molecule has 1 aromatic carbocycles. The molecule has 1 aliphatic heterocycles. The molecule has 0 aromatic heterocycles. The average molecular weight is 244 g/mol. The number of benzene rings is 1. The Morgan fingerprint density at radius 2 is 2.12 bits per heavy atom. The zero-order valence-corrected chi connectivity index (χ0v) is 10.6. The molecule has 1 saturated heterocycles. The fourth-order valence-electron chi connectivity index (χ4n) is 2.53. The molecule has 1 fully saturated rings. The minimum atomic E-state index is -0.127. The molecule has 0 amide bonds. The Hall–Kier alpha value is -0.600. The van der Waals surface area contributed by atoms with Gasteiger partial charge in [-0.2, -0.15) is 0 Å². The lowest BCUT2D eigenvalue weighted by atomic mass is 9.80. The van der Waals surface area contributed by atoms with E-state index < -0.39 is 0 Å². The summed E-state index contributed by atoms with van der Waals surface area (Å²) in [5, 5.41) is 3.39. The fourth-order valence-corrected chi connectivity index (χ4v) is 2.53. The molecule has 2 rings (SSSR count). The predicted molar refractivity (Wildman–Crippen MR) is 67.8 cm³/mol. The van der Waals surface area contributed by atoms with Crippen molar-refractivity contribution in [2.24, 2.45) is 5.92 Å². The maximum absolute atomic E-state index is 13.0. The summed E-state index contributed by atoms with van der Waals surface area (Å²) < 4.78 is 13.0. The highest BCUT2D eigenvalue weighted by molar-refractivity contribution is 5.85. The Morgan fingerprint density at radius 1 is 1.38 bits per heavy atom. The molecule has 0 aliphatic carbocycles. The number of aryl methyl sites for hydroxylation is 1. The topological polar surface area (TPSA) is 12.0 Å². The van der Waals surface area contributed by atoms with Crippen molar-refractivity contribution in [2.75, 3.05) is 13.1 Å². The van der Waals surface area contributed by atoms with E-state index >= 15 is 0 Å². The Balaban J connectivity index is 0.00000128. The van der Waals surface area contributed by atoms with Gasteiger partial charge in [-0.15, -0.1) is 12.4 Å². The van der Waals surface area contributed by atoms with Crippen molar-refractivity contribution in [3.8, 4) is 0 Å². The molecule has 90 valence electrons. The second kappa shape index (κ2) is 5.65. The first-order valence-corrected chi connectivity index (χ1v) is 5.65. The third kappa shape index (κ3) is 2.74. The predicted octanol–water partition coefficient (Wildman–Crippen LogP) is 3.27. The van der Waals surface area contributed by atoms with E-state index in [1.54, 1.807) is 12.1 Å². The molecule has 0 saturated carbocycles. The van der Waals surface area contributed by atoms with Crippen LogP contribution in [0.1, 0.15) is 30.4 Å². The first-order chi connectivity index (χ1) is 7.18. The molecule has 1 heterocycles. The van der Waals surface area contributed by atoms with Gasteiger partial charge in [0.1, 0.15) is 5.82 Å². The van der Waals surface area contributed by atoms with E-state index in [1.165, 1.54) is 5.56 Å². The summed E-state index contributed by atoms with van der Waals surface area (Å²) in [7, 11) is 0. The number of piperidine rings is 1. The van der Waals surface area contributed by atoms with Gasteiger partial charge in [-0.25, -0.2) is 4.39 Å². The summed E-state index contributed by atoms with van der Waals surface area (Å²) >= 11 is 0. The minimum Gasteiger partial charge on any atom is -0.316 e. The highest BCUT2D eigenvalue weighted by atomic mass is 35.5. The van der Waals surface area contributed by atoms with Crippen molar-refractivity contribution in [3.05, 3.63) is 35.1 Å². The van der Waals surface area contributed by atoms with E-state index in [0.29, 0.717) is 11.8 Å². The smallest absolute Gasteiger partial charge is 0.123 e. The van der Waals surface area contributed by atoms with Gasteiger partial charge in [-0.05, 0) is 61.5 Å². The monoisotopic (exact) mass is 243 g/mol. The van der Waals surface area contributed by atoms with Crippen molar-refractivity contribution >= 4 is 12.4 Å². The van der Waals surface area contributed by atoms with Crippen LogP contribution in [0, 0.1) is 18.7 Å². The van der Waals surface area contributed by atoms with E-state index in [-0.39, 0.29) is 18.2 Å². The molecular weight excluding hydrogens is 225 g/mol. The summed E-state index contributed by atoms with van der Waals surface area (Å²) in [5.41, 5.74) is 2.42. The molecule has 3 heteroatoms. The molecule has 2 atom stereocenters. The van der Waals surface area contributed by atoms with Crippen molar-refractivity contribution in [1.29, 1.82) is 0 Å². The number of hydrogen-bond acceptors (Lipinski definition) is 1. The first-order valence-electron chi connectivity index (χ1n) is 5.65. The van der Waals surface area contributed by atoms with E-state index in [0.717, 1.165) is 25.1 Å². The third-order valence-electron chi connectivity index (χ3n) is 3.42. The standard InChI is InChI=1S/C13H18FN.ClH/c1-9-7-11(14)3-4-12(9)13-5-6-15-8-10(13)2;/h3-4,7,10,13,15H,5-6,8H2,1-2H3;1H. The summed E-state index contributed by atoms with van der Waals surface area (Å²) in [6.07, 6.45) is 1.16. The van der Waals surface area contributed by atoms with Gasteiger partial charge in [0.15, 0.2) is 0 Å². The first kappa shape index (κ1) is 13.5. The lowest BCUT2D eigenvalue weighted by Crippen LogP contribution is -2.34. The van der Waals surface area contributed by atoms with Crippen LogP contribution in [0.15, 0.2) is 18.2 Å². The van der Waals surface area contributed by atoms with Crippen LogP contribution in [0.3, 0.4) is 0 Å². The average Bonchev–Trinajstić information content (AvgIpc) is 2.20. The molecule has 0 spiro atoms. The van der Waals surface area contributed by atoms with Gasteiger partial charge >= 0.3 is 0 Å². The zero-order chi connectivity index (χ0) is 10.8. The lowest BCUT2D eigenvalue weighted by Gasteiger charge is -2.30. The molecule has 0 bridgehead atoms. The molecule has 1 aromatic rings. The summed E-state index contributed by atoms with van der Waals surface area (Å²) in [5.74, 6) is 1.10. The third-order valence-corrected chi connectivity index (χ3v) is 3.42. The van der Waals surface area contributed by atoms with Crippen LogP contribution < -0.4 is 5.32 Å². The zero-order valence-electron chi connectivity index (χ0n) is 9.79. The lowest BCUT2D eigenvalue weighted by molar-refractivity contribution is 0.348. The van der Waals surface area contributed by atoms with Crippen LogP contribution in [-0.2, 0) is 0 Å². The van der Waals surface area contributed by atoms with E-state index in [2.05, 4.69) is 12.2 Å². The van der Waals surface area contributed by atoms with Crippen molar-refractivity contribution in [1.82, 2.24) is 5.32 Å². The Kier molecular flexibility index (Phi) is 4.75. The summed E-state index contributed by atoms with van der Waals surface area (Å²) in [4.78, 5) is 0. The number of halogens is 2. The molecule has 1 N–H and O–H groups in total. The molecule has 0 radical (unpaired) electrons. The quantitative estimate of drug-likeness (QED) is 0.798. The highest BCUT2D eigenvalue weighted by Crippen LogP contribution is 2.32. The van der Waals surface area contributed by atoms with Gasteiger partial charge < -0.3 is 5.32 Å². The Bertz CT molecular complexity index is 354. The van der Waals surface area contributed by atoms with Gasteiger partial charge in [0.2, 0.25) is 0 Å². The second-order valence-electron chi connectivity index (χ2n) is 4.58. The summed E-state index contributed by atoms with van der Waals surface area (Å²) in [6.45, 7) is 6.42. The SMILES string of the molecule is Cc1cc(F)ccc1C1CCNCC1C.Cl. The van der Waals surface area contributed by atoms with Crippen LogP contribution in [0.4, 0.5) is 4.39 Å². The number of rotatable bonds is 1. The highest BCUT2D eigenvalue weighted by Gasteiger charge is 2.23. The van der Waals surface area contributed by atoms with Gasteiger partial charge in [-0.1, -0.05) is 13.0 Å². The molecular formula is C13H19ClFN. The van der Waals surface area contributed by atoms with Crippen molar-refractivity contribution < 1.29 is 4.39 Å². The van der Waals surface area contributed by atoms with Gasteiger partial charge in [-0.3, -0.25) is 0 Å². The molecule has 1 nitrogen and oxygen atoms in total. The maximum Gasteiger partial charge on any atom is 0.123 e. The minimum absolute atomic E-state index is 0. The number of nitrogens with one attached hydrogen (secondary N) is 1. The maximum atomic E-state index is 13.0. The fraction of sp³-hybridized carbons (Fsp3) is 0.538. The van der Waals surface area contributed by atoms with E-state index in [4.69, 9.17) is 0 Å². The molecule has 2 unspecified atom stereocenters. The Labute approximate surface area is 103 Å². The van der Waals surface area contributed by atoms with Gasteiger partial charge in [0, 0.05) is 0 Å². The molecule has 1 aliphatic rings. The van der Waals surface area contributed by atoms with Crippen LogP contribution >= 0.6 is 12.4 Å². The molecule has 16 heavy (non-hydrogen) atoms. The van der Waals surface area contributed by atoms with Crippen LogP contribution in [-0.4, -0.2) is 13.1 Å². The van der Waals surface area contributed by atoms with Gasteiger partial charge in [0.25, 0.3) is 0 Å². The normalized spacial score (nSPS) is 24.9. The Morgan fingerprint density at radius 3 is 2.75 bits per heavy atom. The summed E-state index contributed by atoms with van der Waals surface area (Å²) in [6, 6.07) is 5.18. The van der Waals surface area contributed by atoms with Crippen LogP contribution in [0.25, 0.3) is 0 Å². The van der Waals surface area contributed by atoms with E-state index in [9.17, 15) is 4.39 Å². The number of hydrogen-bond donors (Lipinski definition) is 1.